The monoisotopic (exact) mass is 610 g/mol. The molecule has 238 valence electrons. The Bertz CT molecular complexity index is 1390. The fourth-order valence-electron chi connectivity index (χ4n) is 8.82. The third-order valence-corrected chi connectivity index (χ3v) is 11.2. The molecule has 1 amide bonds. The van der Waals surface area contributed by atoms with E-state index in [-0.39, 0.29) is 42.0 Å². The molecule has 3 saturated carbocycles. The number of nitrogens with zero attached hydrogens (tertiary/aromatic N) is 1. The van der Waals surface area contributed by atoms with Crippen LogP contribution in [-0.4, -0.2) is 52.9 Å². The zero-order valence-corrected chi connectivity index (χ0v) is 25.6. The number of phenolic OH excluding ortho intramolecular Hbond substituents is 1. The number of nitro benzene ring substituents is 1. The predicted molar refractivity (Wildman–Crippen MR) is 158 cm³/mol. The molecule has 7 atom stereocenters. The van der Waals surface area contributed by atoms with Crippen LogP contribution < -0.4 is 5.32 Å². The molecule has 0 aliphatic heterocycles. The Morgan fingerprint density at radius 1 is 1.09 bits per heavy atom. The van der Waals surface area contributed by atoms with Crippen LogP contribution in [0.15, 0.2) is 29.8 Å². The van der Waals surface area contributed by atoms with E-state index in [1.54, 1.807) is 0 Å². The Hall–Kier alpha value is -3.76. The van der Waals surface area contributed by atoms with Gasteiger partial charge >= 0.3 is 17.6 Å². The first-order chi connectivity index (χ1) is 20.9. The largest absolute Gasteiger partial charge is 0.502 e. The van der Waals surface area contributed by atoms with Gasteiger partial charge in [-0.2, -0.15) is 0 Å². The van der Waals surface area contributed by atoms with Crippen LogP contribution in [-0.2, 0) is 35.1 Å². The zero-order valence-electron chi connectivity index (χ0n) is 25.6. The number of aromatic hydroxyl groups is 1. The van der Waals surface area contributed by atoms with Crippen LogP contribution in [0.3, 0.4) is 0 Å². The molecule has 11 heteroatoms. The van der Waals surface area contributed by atoms with E-state index >= 15 is 0 Å². The minimum Gasteiger partial charge on any atom is -0.502 e. The molecule has 0 aromatic heterocycles. The number of hydrogen-bond donors (Lipinski definition) is 2. The van der Waals surface area contributed by atoms with Crippen LogP contribution in [0.2, 0.25) is 0 Å². The van der Waals surface area contributed by atoms with Crippen LogP contribution in [0.1, 0.15) is 83.6 Å². The molecular formula is C33H42N2O9. The van der Waals surface area contributed by atoms with Gasteiger partial charge in [0.15, 0.2) is 11.5 Å². The summed E-state index contributed by atoms with van der Waals surface area (Å²) in [5, 5.41) is 23.4. The summed E-state index contributed by atoms with van der Waals surface area (Å²) in [5.41, 5.74) is 1.13. The van der Waals surface area contributed by atoms with E-state index in [4.69, 9.17) is 9.47 Å². The van der Waals surface area contributed by atoms with E-state index in [0.29, 0.717) is 29.7 Å². The number of rotatable bonds is 9. The summed E-state index contributed by atoms with van der Waals surface area (Å²) < 4.78 is 10.8. The van der Waals surface area contributed by atoms with Crippen molar-refractivity contribution in [2.75, 3.05) is 7.11 Å². The highest BCUT2D eigenvalue weighted by Crippen LogP contribution is 2.65. The first-order valence-electron chi connectivity index (χ1n) is 15.6. The molecule has 5 unspecified atom stereocenters. The number of amides is 1. The van der Waals surface area contributed by atoms with Crippen LogP contribution in [0.5, 0.6) is 5.75 Å². The van der Waals surface area contributed by atoms with Crippen molar-refractivity contribution in [3.8, 4) is 5.75 Å². The second kappa shape index (κ2) is 12.3. The predicted octanol–water partition coefficient (Wildman–Crippen LogP) is 4.72. The Morgan fingerprint density at radius 3 is 2.59 bits per heavy atom. The number of ether oxygens (including phenoxy) is 2. The zero-order chi connectivity index (χ0) is 31.8. The lowest BCUT2D eigenvalue weighted by molar-refractivity contribution is -0.385. The third-order valence-electron chi connectivity index (χ3n) is 11.2. The summed E-state index contributed by atoms with van der Waals surface area (Å²) in [6.45, 7) is 4.60. The second-order valence-corrected chi connectivity index (χ2v) is 13.5. The second-order valence-electron chi connectivity index (χ2n) is 13.5. The standard InChI is InChI=1S/C33H42N2O9/c1-32-14-12-21(36)18-20(32)5-6-22-23-7-9-28(33(23,2)15-13-24(22)32)44-30(39)11-10-29(38)34-25(31(40)43-3)16-19-4-8-27(37)26(17-19)35(41)42/h4,8,17-18,22-25,28,37H,5-7,9-16H2,1-3H3,(H,34,38)/t22?,23?,24?,25?,28?,32-,33-/m0/s1. The van der Waals surface area contributed by atoms with E-state index in [1.165, 1.54) is 18.7 Å². The number of hydrogen-bond acceptors (Lipinski definition) is 9. The van der Waals surface area contributed by atoms with Crippen molar-refractivity contribution in [2.24, 2.45) is 28.6 Å². The highest BCUT2D eigenvalue weighted by Gasteiger charge is 2.60. The van der Waals surface area contributed by atoms with Gasteiger partial charge in [0.2, 0.25) is 5.91 Å². The van der Waals surface area contributed by atoms with Crippen LogP contribution in [0.25, 0.3) is 0 Å². The number of methoxy groups -OCH3 is 1. The lowest BCUT2D eigenvalue weighted by Crippen LogP contribution is -2.51. The summed E-state index contributed by atoms with van der Waals surface area (Å²) in [7, 11) is 1.17. The minimum atomic E-state index is -1.13. The van der Waals surface area contributed by atoms with Gasteiger partial charge in [-0.1, -0.05) is 25.5 Å². The molecule has 11 nitrogen and oxygen atoms in total. The SMILES string of the molecule is COC(=O)C(Cc1ccc(O)c([N+](=O)[O-])c1)NC(=O)CCC(=O)OC1CCC2C3CCC4=CC(=O)CC[C@]4(C)C3CC[C@]12C. The minimum absolute atomic E-state index is 0.0827. The van der Waals surface area contributed by atoms with E-state index in [0.717, 1.165) is 57.1 Å². The van der Waals surface area contributed by atoms with Gasteiger partial charge in [0.25, 0.3) is 0 Å². The number of carbonyl (C=O) groups is 4. The van der Waals surface area contributed by atoms with Crippen molar-refractivity contribution in [3.63, 3.8) is 0 Å². The van der Waals surface area contributed by atoms with Crippen LogP contribution >= 0.6 is 0 Å². The summed E-state index contributed by atoms with van der Waals surface area (Å²) >= 11 is 0. The summed E-state index contributed by atoms with van der Waals surface area (Å²) in [5.74, 6) is -0.455. The molecule has 4 aliphatic rings. The lowest BCUT2D eigenvalue weighted by atomic mass is 9.47. The van der Waals surface area contributed by atoms with Crippen molar-refractivity contribution in [1.29, 1.82) is 0 Å². The normalized spacial score (nSPS) is 31.4. The molecular weight excluding hydrogens is 568 g/mol. The molecule has 4 aliphatic carbocycles. The quantitative estimate of drug-likeness (QED) is 0.229. The van der Waals surface area contributed by atoms with Gasteiger partial charge in [0, 0.05) is 30.7 Å². The number of carbonyl (C=O) groups excluding carboxylic acids is 4. The molecule has 5 rings (SSSR count). The molecule has 0 bridgehead atoms. The highest BCUT2D eigenvalue weighted by molar-refractivity contribution is 5.91. The van der Waals surface area contributed by atoms with Gasteiger partial charge in [-0.3, -0.25) is 24.5 Å². The molecule has 3 fully saturated rings. The first kappa shape index (κ1) is 31.7. The number of phenols is 1. The van der Waals surface area contributed by atoms with Gasteiger partial charge in [-0.05, 0) is 85.8 Å². The van der Waals surface area contributed by atoms with E-state index < -0.39 is 40.2 Å². The molecule has 1 aromatic rings. The molecule has 0 heterocycles. The van der Waals surface area contributed by atoms with Crippen molar-refractivity contribution in [3.05, 3.63) is 45.5 Å². The van der Waals surface area contributed by atoms with Gasteiger partial charge < -0.3 is 19.9 Å². The van der Waals surface area contributed by atoms with Crippen LogP contribution in [0, 0.1) is 38.7 Å². The van der Waals surface area contributed by atoms with Crippen LogP contribution in [0.4, 0.5) is 5.69 Å². The number of allylic oxidation sites excluding steroid dienone is 1. The highest BCUT2D eigenvalue weighted by atomic mass is 16.6. The maximum Gasteiger partial charge on any atom is 0.328 e. The summed E-state index contributed by atoms with van der Waals surface area (Å²) in [6, 6.07) is 2.58. The van der Waals surface area contributed by atoms with E-state index in [9.17, 15) is 34.4 Å². The topological polar surface area (TPSA) is 162 Å². The van der Waals surface area contributed by atoms with E-state index in [1.807, 2.05) is 6.08 Å². The summed E-state index contributed by atoms with van der Waals surface area (Å²) in [6.07, 6.45) is 8.66. The average Bonchev–Trinajstić information content (AvgIpc) is 3.32. The molecule has 2 N–H and O–H groups in total. The molecule has 44 heavy (non-hydrogen) atoms. The first-order valence-corrected chi connectivity index (χ1v) is 15.6. The third kappa shape index (κ3) is 5.97. The van der Waals surface area contributed by atoms with Gasteiger partial charge in [-0.25, -0.2) is 4.79 Å². The van der Waals surface area contributed by atoms with Gasteiger partial charge in [-0.15, -0.1) is 0 Å². The number of nitrogens with one attached hydrogen (secondary N) is 1. The lowest BCUT2D eigenvalue weighted by Gasteiger charge is -2.57. The van der Waals surface area contributed by atoms with E-state index in [2.05, 4.69) is 19.2 Å². The van der Waals surface area contributed by atoms with Crippen molar-refractivity contribution >= 4 is 29.3 Å². The maximum atomic E-state index is 13.0. The number of nitro groups is 1. The Balaban J connectivity index is 1.16. The Morgan fingerprint density at radius 2 is 1.86 bits per heavy atom. The van der Waals surface area contributed by atoms with Crippen molar-refractivity contribution < 1.29 is 38.7 Å². The molecule has 0 saturated heterocycles. The number of ketones is 1. The van der Waals surface area contributed by atoms with Crippen molar-refractivity contribution in [1.82, 2.24) is 5.32 Å². The van der Waals surface area contributed by atoms with Crippen molar-refractivity contribution in [2.45, 2.75) is 96.6 Å². The fraction of sp³-hybridized carbons (Fsp3) is 0.636. The van der Waals surface area contributed by atoms with Gasteiger partial charge in [0.1, 0.15) is 12.1 Å². The number of fused-ring (bicyclic) bond motifs is 5. The Kier molecular flexibility index (Phi) is 8.87. The smallest absolute Gasteiger partial charge is 0.328 e. The number of esters is 2. The molecule has 1 aromatic carbocycles. The van der Waals surface area contributed by atoms with Gasteiger partial charge in [0.05, 0.1) is 18.5 Å². The fourth-order valence-corrected chi connectivity index (χ4v) is 8.82. The molecule has 0 radical (unpaired) electrons. The maximum absolute atomic E-state index is 13.0. The summed E-state index contributed by atoms with van der Waals surface area (Å²) in [4.78, 5) is 60.6. The average molecular weight is 611 g/mol. The molecule has 0 spiro atoms. The Labute approximate surface area is 256 Å². The number of benzene rings is 1.